The Labute approximate surface area is 74.4 Å². The maximum atomic E-state index is 10.4. The summed E-state index contributed by atoms with van der Waals surface area (Å²) >= 11 is 0. The number of phenols is 2. The Morgan fingerprint density at radius 3 is 2.46 bits per heavy atom. The van der Waals surface area contributed by atoms with Gasteiger partial charge in [-0.05, 0) is 18.2 Å². The lowest BCUT2D eigenvalue weighted by molar-refractivity contribution is -0.524. The number of aromatic hydroxyl groups is 2. The van der Waals surface area contributed by atoms with Gasteiger partial charge in [-0.3, -0.25) is 10.1 Å². The van der Waals surface area contributed by atoms with Gasteiger partial charge in [-0.1, -0.05) is 0 Å². The number of phenolic OH excluding ortho intramolecular Hbond substituents is 2. The average molecular weight is 183 g/mol. The molecule has 0 bridgehead atoms. The molecule has 1 aromatic carbocycles. The molecule has 1 rings (SSSR count). The first-order valence-electron chi connectivity index (χ1n) is 3.67. The van der Waals surface area contributed by atoms with Crippen molar-refractivity contribution in [2.24, 2.45) is 0 Å². The third-order valence-corrected chi connectivity index (χ3v) is 1.80. The molecule has 1 atom stereocenters. The maximum absolute atomic E-state index is 10.4. The van der Waals surface area contributed by atoms with E-state index >= 15 is 0 Å². The van der Waals surface area contributed by atoms with Crippen LogP contribution in [0, 0.1) is 10.1 Å². The lowest BCUT2D eigenvalue weighted by atomic mass is 10.1. The van der Waals surface area contributed by atoms with Gasteiger partial charge in [0.2, 0.25) is 6.04 Å². The number of hydrogen-bond acceptors (Lipinski definition) is 4. The smallest absolute Gasteiger partial charge is 0.235 e. The zero-order valence-corrected chi connectivity index (χ0v) is 6.97. The topological polar surface area (TPSA) is 83.6 Å². The fourth-order valence-corrected chi connectivity index (χ4v) is 0.922. The van der Waals surface area contributed by atoms with Crippen LogP contribution in [0.25, 0.3) is 0 Å². The molecule has 0 aromatic heterocycles. The minimum Gasteiger partial charge on any atom is -0.504 e. The van der Waals surface area contributed by atoms with Crippen molar-refractivity contribution in [3.8, 4) is 11.5 Å². The molecular formula is C8H9NO4. The second kappa shape index (κ2) is 3.30. The standard InChI is InChI=1S/C8H9NO4/c1-5(9(12)13)6-2-3-7(10)8(11)4-6/h2-5,10-11H,1H3. The molecule has 70 valence electrons. The van der Waals surface area contributed by atoms with Gasteiger partial charge in [0.25, 0.3) is 0 Å². The summed E-state index contributed by atoms with van der Waals surface area (Å²) in [6.07, 6.45) is 0. The summed E-state index contributed by atoms with van der Waals surface area (Å²) in [5.74, 6) is -0.620. The number of hydrogen-bond donors (Lipinski definition) is 2. The summed E-state index contributed by atoms with van der Waals surface area (Å²) in [7, 11) is 0. The normalized spacial score (nSPS) is 12.4. The van der Waals surface area contributed by atoms with Crippen LogP contribution in [0.2, 0.25) is 0 Å². The lowest BCUT2D eigenvalue weighted by Gasteiger charge is -2.04. The zero-order chi connectivity index (χ0) is 10.0. The minimum atomic E-state index is -0.883. The second-order valence-electron chi connectivity index (χ2n) is 2.71. The Morgan fingerprint density at radius 1 is 1.38 bits per heavy atom. The highest BCUT2D eigenvalue weighted by Crippen LogP contribution is 2.28. The molecule has 1 aromatic rings. The first-order chi connectivity index (χ1) is 6.02. The summed E-state index contributed by atoms with van der Waals surface area (Å²) in [6, 6.07) is 2.93. The second-order valence-corrected chi connectivity index (χ2v) is 2.71. The van der Waals surface area contributed by atoms with Crippen LogP contribution in [-0.4, -0.2) is 15.1 Å². The Balaban J connectivity index is 3.03. The van der Waals surface area contributed by atoms with Crippen LogP contribution in [-0.2, 0) is 0 Å². The molecule has 5 nitrogen and oxygen atoms in total. The van der Waals surface area contributed by atoms with Crippen molar-refractivity contribution in [3.05, 3.63) is 33.9 Å². The Kier molecular flexibility index (Phi) is 2.36. The molecule has 0 spiro atoms. The number of nitrogens with zero attached hydrogens (tertiary/aromatic N) is 1. The van der Waals surface area contributed by atoms with Gasteiger partial charge in [-0.2, -0.15) is 0 Å². The number of benzene rings is 1. The molecule has 0 saturated heterocycles. The van der Waals surface area contributed by atoms with Gasteiger partial charge < -0.3 is 10.2 Å². The summed E-state index contributed by atoms with van der Waals surface area (Å²) in [5.41, 5.74) is 0.361. The lowest BCUT2D eigenvalue weighted by Crippen LogP contribution is -2.05. The van der Waals surface area contributed by atoms with Crippen LogP contribution in [0.5, 0.6) is 11.5 Å². The molecule has 0 aliphatic rings. The summed E-state index contributed by atoms with van der Waals surface area (Å²) in [5, 5.41) is 28.4. The van der Waals surface area contributed by atoms with Crippen molar-refractivity contribution < 1.29 is 15.1 Å². The van der Waals surface area contributed by atoms with Gasteiger partial charge in [-0.15, -0.1) is 0 Å². The molecule has 2 N–H and O–H groups in total. The average Bonchev–Trinajstić information content (AvgIpc) is 2.08. The molecule has 0 radical (unpaired) electrons. The van der Waals surface area contributed by atoms with Crippen molar-refractivity contribution in [1.29, 1.82) is 0 Å². The summed E-state index contributed by atoms with van der Waals surface area (Å²) < 4.78 is 0. The van der Waals surface area contributed by atoms with Gasteiger partial charge in [0.05, 0.1) is 0 Å². The molecular weight excluding hydrogens is 174 g/mol. The van der Waals surface area contributed by atoms with Crippen LogP contribution in [0.3, 0.4) is 0 Å². The summed E-state index contributed by atoms with van der Waals surface area (Å²) in [4.78, 5) is 9.89. The predicted molar refractivity (Wildman–Crippen MR) is 45.2 cm³/mol. The first kappa shape index (κ1) is 9.31. The zero-order valence-electron chi connectivity index (χ0n) is 6.97. The van der Waals surface area contributed by atoms with Gasteiger partial charge in [-0.25, -0.2) is 0 Å². The molecule has 0 aliphatic carbocycles. The Bertz CT molecular complexity index is 337. The highest BCUT2D eigenvalue weighted by Gasteiger charge is 2.16. The van der Waals surface area contributed by atoms with Crippen molar-refractivity contribution in [1.82, 2.24) is 0 Å². The Hall–Kier alpha value is -1.78. The molecule has 1 unspecified atom stereocenters. The van der Waals surface area contributed by atoms with E-state index in [0.29, 0.717) is 5.56 Å². The minimum absolute atomic E-state index is 0.278. The fourth-order valence-electron chi connectivity index (χ4n) is 0.922. The Morgan fingerprint density at radius 2 is 2.00 bits per heavy atom. The fraction of sp³-hybridized carbons (Fsp3) is 0.250. The van der Waals surface area contributed by atoms with Crippen LogP contribution >= 0.6 is 0 Å². The number of nitro groups is 1. The summed E-state index contributed by atoms with van der Waals surface area (Å²) in [6.45, 7) is 1.41. The molecule has 0 aliphatic heterocycles. The van der Waals surface area contributed by atoms with Crippen molar-refractivity contribution in [2.45, 2.75) is 13.0 Å². The predicted octanol–water partition coefficient (Wildman–Crippen LogP) is 1.44. The first-order valence-corrected chi connectivity index (χ1v) is 3.67. The van der Waals surface area contributed by atoms with Gasteiger partial charge in [0.15, 0.2) is 11.5 Å². The van der Waals surface area contributed by atoms with E-state index in [9.17, 15) is 10.1 Å². The maximum Gasteiger partial charge on any atom is 0.235 e. The van der Waals surface area contributed by atoms with Crippen molar-refractivity contribution in [3.63, 3.8) is 0 Å². The highest BCUT2D eigenvalue weighted by atomic mass is 16.6. The van der Waals surface area contributed by atoms with Crippen molar-refractivity contribution in [2.75, 3.05) is 0 Å². The van der Waals surface area contributed by atoms with Crippen molar-refractivity contribution >= 4 is 0 Å². The SMILES string of the molecule is CC(c1ccc(O)c(O)c1)[N+](=O)[O-]. The monoisotopic (exact) mass is 183 g/mol. The van der Waals surface area contributed by atoms with E-state index < -0.39 is 11.0 Å². The third kappa shape index (κ3) is 1.87. The van der Waals surface area contributed by atoms with Crippen LogP contribution in [0.15, 0.2) is 18.2 Å². The molecule has 0 fully saturated rings. The molecule has 0 amide bonds. The van der Waals surface area contributed by atoms with E-state index in [0.717, 1.165) is 0 Å². The van der Waals surface area contributed by atoms with Crippen LogP contribution in [0.1, 0.15) is 18.5 Å². The van der Waals surface area contributed by atoms with Crippen LogP contribution in [0.4, 0.5) is 0 Å². The van der Waals surface area contributed by atoms with Gasteiger partial charge in [0, 0.05) is 17.4 Å². The number of rotatable bonds is 2. The third-order valence-electron chi connectivity index (χ3n) is 1.80. The van der Waals surface area contributed by atoms with Gasteiger partial charge >= 0.3 is 0 Å². The quantitative estimate of drug-likeness (QED) is 0.412. The molecule has 0 heterocycles. The molecule has 0 saturated carbocycles. The van der Waals surface area contributed by atoms with Crippen LogP contribution < -0.4 is 0 Å². The largest absolute Gasteiger partial charge is 0.504 e. The molecule has 5 heteroatoms. The highest BCUT2D eigenvalue weighted by molar-refractivity contribution is 5.41. The van der Waals surface area contributed by atoms with Gasteiger partial charge in [0.1, 0.15) is 0 Å². The molecule has 13 heavy (non-hydrogen) atoms. The van der Waals surface area contributed by atoms with E-state index in [-0.39, 0.29) is 11.5 Å². The van der Waals surface area contributed by atoms with E-state index in [4.69, 9.17) is 10.2 Å². The van der Waals surface area contributed by atoms with E-state index in [1.807, 2.05) is 0 Å². The van der Waals surface area contributed by atoms with E-state index in [2.05, 4.69) is 0 Å². The van der Waals surface area contributed by atoms with E-state index in [1.54, 1.807) is 0 Å². The van der Waals surface area contributed by atoms with E-state index in [1.165, 1.54) is 25.1 Å².